The molecule has 1 aromatic carbocycles. The van der Waals surface area contributed by atoms with E-state index in [0.29, 0.717) is 41.3 Å². The molecule has 41 heavy (non-hydrogen) atoms. The van der Waals surface area contributed by atoms with Crippen molar-refractivity contribution in [2.24, 2.45) is 0 Å². The van der Waals surface area contributed by atoms with Crippen LogP contribution in [0.3, 0.4) is 0 Å². The molecule has 2 atom stereocenters. The number of fused-ring (bicyclic) bond motifs is 3. The van der Waals surface area contributed by atoms with Crippen LogP contribution in [0.2, 0.25) is 5.02 Å². The number of hydrogen-bond donors (Lipinski definition) is 1. The number of rotatable bonds is 4. The molecule has 4 aromatic rings. The van der Waals surface area contributed by atoms with Crippen molar-refractivity contribution < 1.29 is 19.1 Å². The van der Waals surface area contributed by atoms with Crippen molar-refractivity contribution in [2.45, 2.75) is 58.7 Å². The summed E-state index contributed by atoms with van der Waals surface area (Å²) in [6, 6.07) is 10.3. The van der Waals surface area contributed by atoms with Crippen LogP contribution in [0.5, 0.6) is 0 Å². The van der Waals surface area contributed by atoms with Crippen LogP contribution in [0.4, 0.5) is 10.2 Å². The lowest BCUT2D eigenvalue weighted by atomic mass is 10.1. The number of benzene rings is 1. The second-order valence-electron chi connectivity index (χ2n) is 12.0. The van der Waals surface area contributed by atoms with Gasteiger partial charge in [-0.15, -0.1) is 0 Å². The number of carbonyl (C=O) groups is 2. The number of halogens is 2. The highest BCUT2D eigenvalue weighted by atomic mass is 35.5. The first-order valence-electron chi connectivity index (χ1n) is 13.6. The molecular weight excluding hydrogens is 545 g/mol. The number of aryl methyl sites for hydroxylation is 2. The lowest BCUT2D eigenvalue weighted by molar-refractivity contribution is 0.0691. The third kappa shape index (κ3) is 4.52. The summed E-state index contributed by atoms with van der Waals surface area (Å²) in [4.78, 5) is 38.9. The van der Waals surface area contributed by atoms with E-state index in [1.54, 1.807) is 32.0 Å². The average molecular weight is 576 g/mol. The van der Waals surface area contributed by atoms with Crippen molar-refractivity contribution in [1.29, 1.82) is 0 Å². The summed E-state index contributed by atoms with van der Waals surface area (Å²) >= 11 is 5.92. The Labute approximate surface area is 242 Å². The number of carboxylic acid groups (broad SMARTS) is 1. The van der Waals surface area contributed by atoms with Gasteiger partial charge in [-0.05, 0) is 82.5 Å². The van der Waals surface area contributed by atoms with E-state index in [1.807, 2.05) is 27.8 Å². The summed E-state index contributed by atoms with van der Waals surface area (Å²) in [6.07, 6.45) is 2.77. The fourth-order valence-corrected chi connectivity index (χ4v) is 6.37. The molecule has 0 aliphatic carbocycles. The molecule has 0 saturated carbocycles. The Morgan fingerprint density at radius 1 is 1.05 bits per heavy atom. The van der Waals surface area contributed by atoms with Gasteiger partial charge < -0.3 is 19.5 Å². The van der Waals surface area contributed by atoms with E-state index in [-0.39, 0.29) is 34.1 Å². The fraction of sp³-hybridized carbons (Fsp3) is 0.355. The van der Waals surface area contributed by atoms with Crippen LogP contribution < -0.4 is 4.90 Å². The van der Waals surface area contributed by atoms with E-state index in [0.717, 1.165) is 23.2 Å². The summed E-state index contributed by atoms with van der Waals surface area (Å²) in [5.41, 5.74) is 3.61. The summed E-state index contributed by atoms with van der Waals surface area (Å²) in [5.74, 6) is -0.843. The summed E-state index contributed by atoms with van der Waals surface area (Å²) in [6.45, 7) is 10.8. The molecule has 2 saturated heterocycles. The molecule has 0 unspecified atom stereocenters. The standard InChI is InChI=1S/C31H31ClFN5O3/c1-16-10-26(34-17(2)27(16)30(40)41)36-13-20-12-19(36)14-37(20)29(39)25-9-7-21-22(18-6-8-23(32)24(33)11-18)15-38(28(21)35-25)31(3,4)5/h6-11,15,19-20H,12-14H2,1-5H3,(H,40,41)/t19-,20-/m0/s1. The molecule has 2 bridgehead atoms. The third-order valence-electron chi connectivity index (χ3n) is 8.22. The molecule has 0 spiro atoms. The molecule has 8 nitrogen and oxygen atoms in total. The molecule has 2 aliphatic rings. The number of carbonyl (C=O) groups excluding carboxylic acids is 1. The van der Waals surface area contributed by atoms with Crippen molar-refractivity contribution in [3.63, 3.8) is 0 Å². The number of piperazine rings is 1. The average Bonchev–Trinajstić information content (AvgIpc) is 3.61. The quantitative estimate of drug-likeness (QED) is 0.318. The van der Waals surface area contributed by atoms with Crippen LogP contribution >= 0.6 is 11.6 Å². The summed E-state index contributed by atoms with van der Waals surface area (Å²) in [5, 5.41) is 10.4. The van der Waals surface area contributed by atoms with Crippen molar-refractivity contribution in [3.8, 4) is 11.1 Å². The van der Waals surface area contributed by atoms with E-state index in [4.69, 9.17) is 16.6 Å². The topological polar surface area (TPSA) is 91.6 Å². The number of likely N-dealkylation sites (tertiary alicyclic amines) is 1. The molecule has 1 amide bonds. The van der Waals surface area contributed by atoms with Gasteiger partial charge >= 0.3 is 5.97 Å². The molecule has 5 heterocycles. The SMILES string of the molecule is Cc1cc(N2C[C@@H]3C[C@H]2CN3C(=O)c2ccc3c(-c4ccc(Cl)c(F)c4)cn(C(C)(C)C)c3n2)nc(C)c1C(=O)O. The second kappa shape index (κ2) is 9.55. The highest BCUT2D eigenvalue weighted by Gasteiger charge is 2.46. The van der Waals surface area contributed by atoms with E-state index in [1.165, 1.54) is 6.07 Å². The minimum atomic E-state index is -0.978. The first-order chi connectivity index (χ1) is 19.3. The Balaban J connectivity index is 1.29. The Kier molecular flexibility index (Phi) is 6.33. The normalized spacial score (nSPS) is 18.5. The molecule has 3 aromatic heterocycles. The third-order valence-corrected chi connectivity index (χ3v) is 8.52. The summed E-state index contributed by atoms with van der Waals surface area (Å²) in [7, 11) is 0. The zero-order valence-corrected chi connectivity index (χ0v) is 24.3. The van der Waals surface area contributed by atoms with Crippen LogP contribution in [-0.2, 0) is 5.54 Å². The van der Waals surface area contributed by atoms with Crippen molar-refractivity contribution in [3.05, 3.63) is 75.9 Å². The zero-order chi connectivity index (χ0) is 29.4. The van der Waals surface area contributed by atoms with Gasteiger partial charge in [-0.3, -0.25) is 4.79 Å². The molecule has 0 radical (unpaired) electrons. The molecule has 10 heteroatoms. The maximum absolute atomic E-state index is 14.3. The first kappa shape index (κ1) is 27.2. The van der Waals surface area contributed by atoms with Crippen LogP contribution in [0.25, 0.3) is 22.2 Å². The largest absolute Gasteiger partial charge is 0.478 e. The van der Waals surface area contributed by atoms with Gasteiger partial charge in [0.05, 0.1) is 28.4 Å². The Morgan fingerprint density at radius 3 is 2.41 bits per heavy atom. The van der Waals surface area contributed by atoms with Crippen molar-refractivity contribution in [2.75, 3.05) is 18.0 Å². The number of pyridine rings is 2. The second-order valence-corrected chi connectivity index (χ2v) is 12.4. The van der Waals surface area contributed by atoms with Gasteiger partial charge in [-0.2, -0.15) is 0 Å². The first-order valence-corrected chi connectivity index (χ1v) is 14.0. The molecule has 1 N–H and O–H groups in total. The van der Waals surface area contributed by atoms with E-state index >= 15 is 0 Å². The van der Waals surface area contributed by atoms with Gasteiger partial charge in [0, 0.05) is 35.8 Å². The van der Waals surface area contributed by atoms with Gasteiger partial charge in [0.1, 0.15) is 23.0 Å². The molecular formula is C31H31ClFN5O3. The monoisotopic (exact) mass is 575 g/mol. The van der Waals surface area contributed by atoms with Crippen LogP contribution in [0.1, 0.15) is 59.3 Å². The fourth-order valence-electron chi connectivity index (χ4n) is 6.25. The minimum Gasteiger partial charge on any atom is -0.478 e. The zero-order valence-electron chi connectivity index (χ0n) is 23.6. The lowest BCUT2D eigenvalue weighted by Gasteiger charge is -2.35. The number of anilines is 1. The number of aromatic carboxylic acids is 1. The van der Waals surface area contributed by atoms with E-state index in [9.17, 15) is 19.1 Å². The highest BCUT2D eigenvalue weighted by Crippen LogP contribution is 2.37. The Bertz CT molecular complexity index is 1720. The maximum atomic E-state index is 14.3. The predicted molar refractivity (Wildman–Crippen MR) is 156 cm³/mol. The number of carboxylic acids is 1. The lowest BCUT2D eigenvalue weighted by Crippen LogP contribution is -2.49. The number of hydrogen-bond acceptors (Lipinski definition) is 5. The molecule has 2 fully saturated rings. The Hall–Kier alpha value is -3.98. The van der Waals surface area contributed by atoms with Gasteiger partial charge in [-0.25, -0.2) is 19.2 Å². The smallest absolute Gasteiger partial charge is 0.337 e. The van der Waals surface area contributed by atoms with Crippen LogP contribution in [-0.4, -0.2) is 61.6 Å². The number of nitrogens with zero attached hydrogens (tertiary/aromatic N) is 5. The molecule has 212 valence electrons. The van der Waals surface area contributed by atoms with Crippen molar-refractivity contribution >= 4 is 40.3 Å². The van der Waals surface area contributed by atoms with E-state index < -0.39 is 11.8 Å². The minimum absolute atomic E-state index is 0.00793. The number of aromatic nitrogens is 3. The maximum Gasteiger partial charge on any atom is 0.337 e. The molecule has 6 rings (SSSR count). The van der Waals surface area contributed by atoms with Gasteiger partial charge in [0.15, 0.2) is 0 Å². The summed E-state index contributed by atoms with van der Waals surface area (Å²) < 4.78 is 16.3. The predicted octanol–water partition coefficient (Wildman–Crippen LogP) is 6.06. The van der Waals surface area contributed by atoms with Gasteiger partial charge in [0.2, 0.25) is 0 Å². The van der Waals surface area contributed by atoms with Gasteiger partial charge in [-0.1, -0.05) is 17.7 Å². The van der Waals surface area contributed by atoms with Crippen LogP contribution in [0, 0.1) is 19.7 Å². The number of amides is 1. The highest BCUT2D eigenvalue weighted by molar-refractivity contribution is 6.30. The van der Waals surface area contributed by atoms with Crippen LogP contribution in [0.15, 0.2) is 42.6 Å². The van der Waals surface area contributed by atoms with E-state index in [2.05, 4.69) is 30.7 Å². The molecule has 2 aliphatic heterocycles. The van der Waals surface area contributed by atoms with Gasteiger partial charge in [0.25, 0.3) is 5.91 Å². The Morgan fingerprint density at radius 2 is 1.80 bits per heavy atom. The van der Waals surface area contributed by atoms with Crippen molar-refractivity contribution in [1.82, 2.24) is 19.4 Å².